The molecular formula is C25H19F2N5O2. The quantitative estimate of drug-likeness (QED) is 0.436. The molecule has 9 heteroatoms. The molecule has 0 unspecified atom stereocenters. The van der Waals surface area contributed by atoms with Crippen LogP contribution in [0.1, 0.15) is 27.3 Å². The number of nitrogens with one attached hydrogen (secondary N) is 1. The summed E-state index contributed by atoms with van der Waals surface area (Å²) in [6.45, 7) is 4.20. The minimum Gasteiger partial charge on any atom is -0.317 e. The van der Waals surface area contributed by atoms with Crippen molar-refractivity contribution in [3.05, 3.63) is 105 Å². The Kier molecular flexibility index (Phi) is 5.16. The first-order valence-electron chi connectivity index (χ1n) is 10.5. The monoisotopic (exact) mass is 459 g/mol. The smallest absolute Gasteiger partial charge is 0.296 e. The summed E-state index contributed by atoms with van der Waals surface area (Å²) in [6.07, 6.45) is 0. The van der Waals surface area contributed by atoms with Gasteiger partial charge < -0.3 is 5.32 Å². The van der Waals surface area contributed by atoms with Crippen LogP contribution in [0.25, 0.3) is 16.7 Å². The van der Waals surface area contributed by atoms with Gasteiger partial charge in [-0.3, -0.25) is 14.2 Å². The Morgan fingerprint density at radius 2 is 1.68 bits per heavy atom. The van der Waals surface area contributed by atoms with Crippen LogP contribution in [-0.4, -0.2) is 25.1 Å². The fourth-order valence-electron chi connectivity index (χ4n) is 3.78. The summed E-state index contributed by atoms with van der Waals surface area (Å²) < 4.78 is 30.3. The molecule has 0 spiro atoms. The van der Waals surface area contributed by atoms with Crippen LogP contribution in [0.5, 0.6) is 0 Å². The van der Waals surface area contributed by atoms with Crippen LogP contribution in [0.2, 0.25) is 0 Å². The number of hydrogen-bond acceptors (Lipinski definition) is 4. The second-order valence-corrected chi connectivity index (χ2v) is 8.12. The Hall–Kier alpha value is -4.40. The molecule has 7 nitrogen and oxygen atoms in total. The highest BCUT2D eigenvalue weighted by Gasteiger charge is 2.20. The highest BCUT2D eigenvalue weighted by atomic mass is 19.1. The maximum Gasteiger partial charge on any atom is 0.296 e. The Bertz CT molecular complexity index is 1640. The van der Waals surface area contributed by atoms with Crippen molar-refractivity contribution in [2.45, 2.75) is 20.4 Å². The molecule has 5 rings (SSSR count). The van der Waals surface area contributed by atoms with Crippen LogP contribution in [0, 0.1) is 25.5 Å². The molecule has 0 saturated carbocycles. The van der Waals surface area contributed by atoms with Gasteiger partial charge in [0.15, 0.2) is 0 Å². The molecule has 1 N–H and O–H groups in total. The molecule has 1 amide bonds. The van der Waals surface area contributed by atoms with Crippen molar-refractivity contribution in [2.75, 3.05) is 5.32 Å². The van der Waals surface area contributed by atoms with Gasteiger partial charge in [0.05, 0.1) is 23.3 Å². The average Bonchev–Trinajstić information content (AvgIpc) is 3.26. The molecule has 2 heterocycles. The number of aromatic nitrogens is 4. The zero-order valence-corrected chi connectivity index (χ0v) is 18.3. The minimum atomic E-state index is -0.863. The third kappa shape index (κ3) is 3.81. The van der Waals surface area contributed by atoms with Crippen molar-refractivity contribution in [1.82, 2.24) is 19.2 Å². The number of rotatable bonds is 4. The van der Waals surface area contributed by atoms with Gasteiger partial charge in [0, 0.05) is 6.07 Å². The molecule has 3 aromatic carbocycles. The van der Waals surface area contributed by atoms with Gasteiger partial charge in [0.2, 0.25) is 11.5 Å². The molecule has 0 atom stereocenters. The van der Waals surface area contributed by atoms with Crippen LogP contribution >= 0.6 is 0 Å². The predicted molar refractivity (Wildman–Crippen MR) is 124 cm³/mol. The van der Waals surface area contributed by atoms with Gasteiger partial charge in [-0.1, -0.05) is 35.9 Å². The average molecular weight is 459 g/mol. The maximum atomic E-state index is 14.0. The van der Waals surface area contributed by atoms with E-state index in [9.17, 15) is 18.4 Å². The number of fused-ring (bicyclic) bond motifs is 3. The van der Waals surface area contributed by atoms with E-state index in [0.717, 1.165) is 34.9 Å². The van der Waals surface area contributed by atoms with Gasteiger partial charge in [0.25, 0.3) is 11.5 Å². The molecule has 0 bridgehead atoms. The molecular weight excluding hydrogens is 440 g/mol. The normalized spacial score (nSPS) is 11.3. The van der Waals surface area contributed by atoms with Gasteiger partial charge in [-0.25, -0.2) is 13.3 Å². The van der Waals surface area contributed by atoms with Crippen LogP contribution in [0.3, 0.4) is 0 Å². The second-order valence-electron chi connectivity index (χ2n) is 8.12. The molecule has 170 valence electrons. The van der Waals surface area contributed by atoms with E-state index >= 15 is 0 Å². The summed E-state index contributed by atoms with van der Waals surface area (Å²) in [5.41, 5.74) is 3.37. The Morgan fingerprint density at radius 3 is 2.44 bits per heavy atom. The number of aryl methyl sites for hydroxylation is 2. The predicted octanol–water partition coefficient (Wildman–Crippen LogP) is 4.24. The maximum absolute atomic E-state index is 14.0. The lowest BCUT2D eigenvalue weighted by molar-refractivity contribution is 0.101. The fourth-order valence-corrected chi connectivity index (χ4v) is 3.78. The second kappa shape index (κ2) is 8.18. The lowest BCUT2D eigenvalue weighted by Gasteiger charge is -2.12. The topological polar surface area (TPSA) is 81.3 Å². The van der Waals surface area contributed by atoms with Gasteiger partial charge in [0.1, 0.15) is 11.6 Å². The summed E-state index contributed by atoms with van der Waals surface area (Å²) in [5.74, 6) is -2.71. The van der Waals surface area contributed by atoms with Crippen molar-refractivity contribution in [2.24, 2.45) is 0 Å². The van der Waals surface area contributed by atoms with Crippen molar-refractivity contribution in [1.29, 1.82) is 0 Å². The number of nitrogens with zero attached hydrogens (tertiary/aromatic N) is 4. The number of halogens is 2. The highest BCUT2D eigenvalue weighted by Crippen LogP contribution is 2.19. The van der Waals surface area contributed by atoms with Crippen LogP contribution in [0.4, 0.5) is 14.5 Å². The van der Waals surface area contributed by atoms with Crippen LogP contribution in [0.15, 0.2) is 65.5 Å². The SMILES string of the molecule is Cc1ccc(Cn2c(=O)c3nc(C(=O)Nc4cc(F)ccc4F)nn3c3ccc(C)cc32)cc1. The van der Waals surface area contributed by atoms with Crippen molar-refractivity contribution in [3.8, 4) is 0 Å². The van der Waals surface area contributed by atoms with Crippen LogP contribution in [-0.2, 0) is 6.54 Å². The van der Waals surface area contributed by atoms with E-state index in [2.05, 4.69) is 15.4 Å². The zero-order chi connectivity index (χ0) is 24.0. The van der Waals surface area contributed by atoms with Crippen molar-refractivity contribution < 1.29 is 13.6 Å². The van der Waals surface area contributed by atoms with E-state index in [4.69, 9.17) is 0 Å². The Balaban J connectivity index is 1.64. The zero-order valence-electron chi connectivity index (χ0n) is 18.3. The number of hydrogen-bond donors (Lipinski definition) is 1. The Labute approximate surface area is 192 Å². The minimum absolute atomic E-state index is 0.0478. The summed E-state index contributed by atoms with van der Waals surface area (Å²) in [7, 11) is 0. The number of anilines is 1. The van der Waals surface area contributed by atoms with Gasteiger partial charge in [-0.15, -0.1) is 5.10 Å². The van der Waals surface area contributed by atoms with Gasteiger partial charge >= 0.3 is 0 Å². The fraction of sp³-hybridized carbons (Fsp3) is 0.120. The van der Waals surface area contributed by atoms with E-state index in [-0.39, 0.29) is 17.2 Å². The largest absolute Gasteiger partial charge is 0.317 e. The van der Waals surface area contributed by atoms with E-state index in [0.29, 0.717) is 17.6 Å². The van der Waals surface area contributed by atoms with E-state index in [1.165, 1.54) is 4.52 Å². The third-order valence-corrected chi connectivity index (χ3v) is 5.53. The summed E-state index contributed by atoms with van der Waals surface area (Å²) >= 11 is 0. The molecule has 34 heavy (non-hydrogen) atoms. The third-order valence-electron chi connectivity index (χ3n) is 5.53. The van der Waals surface area contributed by atoms with Gasteiger partial charge in [-0.2, -0.15) is 4.98 Å². The summed E-state index contributed by atoms with van der Waals surface area (Å²) in [6, 6.07) is 16.1. The summed E-state index contributed by atoms with van der Waals surface area (Å²) in [5, 5.41) is 6.47. The molecule has 0 saturated heterocycles. The molecule has 0 aliphatic heterocycles. The molecule has 0 fully saturated rings. The molecule has 0 radical (unpaired) electrons. The molecule has 0 aliphatic carbocycles. The number of carbonyl (C=O) groups is 1. The van der Waals surface area contributed by atoms with Crippen molar-refractivity contribution >= 4 is 28.3 Å². The Morgan fingerprint density at radius 1 is 0.941 bits per heavy atom. The lowest BCUT2D eigenvalue weighted by Crippen LogP contribution is -2.24. The van der Waals surface area contributed by atoms with Crippen molar-refractivity contribution in [3.63, 3.8) is 0 Å². The summed E-state index contributed by atoms with van der Waals surface area (Å²) in [4.78, 5) is 30.3. The highest BCUT2D eigenvalue weighted by molar-refractivity contribution is 6.02. The molecule has 2 aromatic heterocycles. The number of amides is 1. The van der Waals surface area contributed by atoms with E-state index in [1.807, 2.05) is 50.2 Å². The number of benzene rings is 3. The first-order chi connectivity index (χ1) is 16.3. The van der Waals surface area contributed by atoms with E-state index < -0.39 is 23.1 Å². The first kappa shape index (κ1) is 21.4. The van der Waals surface area contributed by atoms with Crippen LogP contribution < -0.4 is 10.9 Å². The van der Waals surface area contributed by atoms with Gasteiger partial charge in [-0.05, 0) is 49.2 Å². The first-order valence-corrected chi connectivity index (χ1v) is 10.5. The molecule has 5 aromatic rings. The standard InChI is InChI=1S/C25H19F2N5O2/c1-14-3-6-16(7-4-14)13-31-21-11-15(2)5-10-20(21)32-23(25(31)34)29-22(30-32)24(33)28-19-12-17(26)8-9-18(19)27/h3-12H,13H2,1-2H3,(H,28,33). The lowest BCUT2D eigenvalue weighted by atomic mass is 10.1. The van der Waals surface area contributed by atoms with E-state index in [1.54, 1.807) is 10.6 Å². The molecule has 0 aliphatic rings. The number of carbonyl (C=O) groups excluding carboxylic acids is 1.